The summed E-state index contributed by atoms with van der Waals surface area (Å²) in [6.45, 7) is 5.88. The van der Waals surface area contributed by atoms with Crippen LogP contribution in [0.25, 0.3) is 4.72 Å². The van der Waals surface area contributed by atoms with Crippen molar-refractivity contribution in [2.24, 2.45) is 0 Å². The maximum Gasteiger partial charge on any atom is 1.00 e. The number of hydrogen-bond donors (Lipinski definition) is 0. The second-order valence-corrected chi connectivity index (χ2v) is 10.7. The molecule has 1 unspecified atom stereocenters. The van der Waals surface area contributed by atoms with Crippen LogP contribution in [-0.4, -0.2) is 27.1 Å². The van der Waals surface area contributed by atoms with Crippen molar-refractivity contribution in [2.45, 2.75) is 50.5 Å². The van der Waals surface area contributed by atoms with Crippen LogP contribution in [0.5, 0.6) is 17.2 Å². The predicted octanol–water partition coefficient (Wildman–Crippen LogP) is -1.73. The number of hydrogen-bond acceptors (Lipinski definition) is 8. The van der Waals surface area contributed by atoms with E-state index in [9.17, 15) is 23.1 Å². The molecule has 1 amide bonds. The SMILES string of the molecule is CCCc1cc(C(=O)[O-])ccc1OC(C(=O)[N-]S(=O)(=O)c1ccc(C(C)C)cc1)c1ccc2c(c1)OCO2.[K+].[K+]. The van der Waals surface area contributed by atoms with Gasteiger partial charge in [0.15, 0.2) is 17.6 Å². The van der Waals surface area contributed by atoms with Crippen molar-refractivity contribution in [2.75, 3.05) is 6.79 Å². The summed E-state index contributed by atoms with van der Waals surface area (Å²) in [6, 6.07) is 15.0. The van der Waals surface area contributed by atoms with Crippen LogP contribution in [0.1, 0.15) is 66.3 Å². The van der Waals surface area contributed by atoms with E-state index in [2.05, 4.69) is 4.72 Å². The van der Waals surface area contributed by atoms with Crippen LogP contribution >= 0.6 is 0 Å². The Morgan fingerprint density at radius 3 is 2.23 bits per heavy atom. The van der Waals surface area contributed by atoms with Crippen LogP contribution in [0.3, 0.4) is 0 Å². The van der Waals surface area contributed by atoms with E-state index >= 15 is 0 Å². The fraction of sp³-hybridized carbons (Fsp3) is 0.286. The van der Waals surface area contributed by atoms with Gasteiger partial charge in [-0.15, -0.1) is 0 Å². The molecule has 3 aromatic rings. The first-order chi connectivity index (χ1) is 18.1. The molecule has 4 rings (SSSR count). The third-order valence-electron chi connectivity index (χ3n) is 6.04. The van der Waals surface area contributed by atoms with Crippen molar-refractivity contribution >= 4 is 21.9 Å². The van der Waals surface area contributed by atoms with Crippen LogP contribution < -0.4 is 122 Å². The number of carboxylic acid groups (broad SMARTS) is 1. The number of carboxylic acids is 1. The van der Waals surface area contributed by atoms with Crippen LogP contribution in [0.2, 0.25) is 0 Å². The smallest absolute Gasteiger partial charge is 0.545 e. The number of ether oxygens (including phenoxy) is 3. The summed E-state index contributed by atoms with van der Waals surface area (Å²) < 4.78 is 46.4. The van der Waals surface area contributed by atoms with E-state index in [1.54, 1.807) is 24.3 Å². The predicted molar refractivity (Wildman–Crippen MR) is 137 cm³/mol. The zero-order chi connectivity index (χ0) is 27.4. The van der Waals surface area contributed by atoms with Gasteiger partial charge in [0, 0.05) is 5.56 Å². The minimum absolute atomic E-state index is 0. The molecule has 0 radical (unpaired) electrons. The summed E-state index contributed by atoms with van der Waals surface area (Å²) >= 11 is 0. The average molecular weight is 616 g/mol. The van der Waals surface area contributed by atoms with Gasteiger partial charge in [0.25, 0.3) is 0 Å². The molecule has 12 heteroatoms. The number of aryl methyl sites for hydroxylation is 1. The van der Waals surface area contributed by atoms with Gasteiger partial charge in [-0.05, 0) is 71.5 Å². The van der Waals surface area contributed by atoms with Gasteiger partial charge in [0.1, 0.15) is 21.7 Å². The van der Waals surface area contributed by atoms with E-state index in [4.69, 9.17) is 14.2 Å². The number of aromatic carboxylic acids is 1. The zero-order valence-corrected chi connectivity index (χ0v) is 30.2. The van der Waals surface area contributed by atoms with Crippen molar-refractivity contribution in [3.8, 4) is 17.2 Å². The minimum Gasteiger partial charge on any atom is -0.545 e. The number of carbonyl (C=O) groups is 2. The largest absolute Gasteiger partial charge is 1.00 e. The van der Waals surface area contributed by atoms with E-state index in [1.165, 1.54) is 36.4 Å². The van der Waals surface area contributed by atoms with Crippen molar-refractivity contribution in [1.82, 2.24) is 0 Å². The molecule has 1 aliphatic heterocycles. The number of rotatable bonds is 10. The van der Waals surface area contributed by atoms with Gasteiger partial charge in [-0.2, -0.15) is 0 Å². The van der Waals surface area contributed by atoms with Crippen molar-refractivity contribution in [3.63, 3.8) is 0 Å². The number of benzene rings is 3. The second kappa shape index (κ2) is 15.6. The molecule has 0 N–H and O–H groups in total. The van der Waals surface area contributed by atoms with Crippen molar-refractivity contribution < 1.29 is 140 Å². The maximum atomic E-state index is 13.4. The standard InChI is InChI=1S/C28H29NO8S.2K/c1-4-5-19-14-21(28(31)32)9-12-23(19)37-26(20-8-13-24-25(15-20)36-16-35-24)27(30)29-38(33,34)22-10-6-18(7-11-22)17(2)3;;/h6-15,17,26H,4-5,16H2,1-3H3,(H2,29,30,31,32);;/q;2*+1/p-2. The summed E-state index contributed by atoms with van der Waals surface area (Å²) in [6.07, 6.45) is -0.338. The first kappa shape index (κ1) is 35.4. The molecule has 1 atom stereocenters. The van der Waals surface area contributed by atoms with Crippen LogP contribution in [0.15, 0.2) is 65.6 Å². The summed E-state index contributed by atoms with van der Waals surface area (Å²) in [5, 5.41) is 11.4. The normalized spacial score (nSPS) is 12.6. The molecule has 3 aromatic carbocycles. The summed E-state index contributed by atoms with van der Waals surface area (Å²) in [7, 11) is -4.34. The molecule has 1 aliphatic rings. The molecular formula is C28H27K2NO8S. The number of fused-ring (bicyclic) bond motifs is 1. The van der Waals surface area contributed by atoms with Crippen LogP contribution in [0.4, 0.5) is 0 Å². The topological polar surface area (TPSA) is 133 Å². The Kier molecular flexibility index (Phi) is 13.8. The van der Waals surface area contributed by atoms with E-state index in [1.807, 2.05) is 20.8 Å². The molecule has 1 heterocycles. The number of carbonyl (C=O) groups excluding carboxylic acids is 2. The third kappa shape index (κ3) is 8.63. The second-order valence-electron chi connectivity index (χ2n) is 9.10. The maximum absolute atomic E-state index is 13.4. The molecule has 40 heavy (non-hydrogen) atoms. The number of amides is 1. The molecule has 0 fully saturated rings. The van der Waals surface area contributed by atoms with Gasteiger partial charge < -0.3 is 33.6 Å². The molecule has 9 nitrogen and oxygen atoms in total. The van der Waals surface area contributed by atoms with E-state index in [0.29, 0.717) is 35.5 Å². The van der Waals surface area contributed by atoms with Gasteiger partial charge in [-0.1, -0.05) is 45.4 Å². The molecule has 200 valence electrons. The molecule has 0 spiro atoms. The number of nitrogens with zero attached hydrogens (tertiary/aromatic N) is 1. The minimum atomic E-state index is -4.34. The molecule has 0 aliphatic carbocycles. The molecule has 0 saturated heterocycles. The Bertz CT molecular complexity index is 1460. The fourth-order valence-corrected chi connectivity index (χ4v) is 4.91. The monoisotopic (exact) mass is 615 g/mol. The summed E-state index contributed by atoms with van der Waals surface area (Å²) in [5.41, 5.74) is 1.73. The van der Waals surface area contributed by atoms with E-state index in [0.717, 1.165) is 5.56 Å². The van der Waals surface area contributed by atoms with Crippen LogP contribution in [0, 0.1) is 0 Å². The van der Waals surface area contributed by atoms with Gasteiger partial charge in [-0.25, -0.2) is 8.42 Å². The average Bonchev–Trinajstić information content (AvgIpc) is 3.35. The first-order valence-corrected chi connectivity index (χ1v) is 13.6. The molecular weight excluding hydrogens is 589 g/mol. The Morgan fingerprint density at radius 1 is 0.950 bits per heavy atom. The fourth-order valence-electron chi connectivity index (χ4n) is 3.99. The van der Waals surface area contributed by atoms with Gasteiger partial charge in [0.2, 0.25) is 6.79 Å². The van der Waals surface area contributed by atoms with Gasteiger partial charge in [-0.3, -0.25) is 0 Å². The Labute approximate surface area is 319 Å². The number of sulfonamides is 1. The van der Waals surface area contributed by atoms with Crippen LogP contribution in [-0.2, 0) is 21.2 Å². The van der Waals surface area contributed by atoms with Gasteiger partial charge >= 0.3 is 103 Å². The quantitative estimate of drug-likeness (QED) is 0.246. The van der Waals surface area contributed by atoms with Crippen molar-refractivity contribution in [1.29, 1.82) is 0 Å². The molecule has 0 bridgehead atoms. The van der Waals surface area contributed by atoms with E-state index < -0.39 is 28.0 Å². The molecule has 0 saturated carbocycles. The summed E-state index contributed by atoms with van der Waals surface area (Å²) in [4.78, 5) is 24.7. The van der Waals surface area contributed by atoms with E-state index in [-0.39, 0.29) is 132 Å². The Balaban J connectivity index is 0.00000280. The summed E-state index contributed by atoms with van der Waals surface area (Å²) in [5.74, 6) is -1.13. The van der Waals surface area contributed by atoms with Gasteiger partial charge in [0.05, 0.1) is 10.9 Å². The Morgan fingerprint density at radius 2 is 1.60 bits per heavy atom. The van der Waals surface area contributed by atoms with Crippen molar-refractivity contribution in [3.05, 3.63) is 87.6 Å². The zero-order valence-electron chi connectivity index (χ0n) is 23.2. The Hall–Kier alpha value is -0.777. The first-order valence-electron chi connectivity index (χ1n) is 12.1. The third-order valence-corrected chi connectivity index (χ3v) is 7.33. The molecule has 0 aromatic heterocycles.